The van der Waals surface area contributed by atoms with Crippen molar-refractivity contribution in [3.8, 4) is 41.0 Å². The molecule has 5 amide bonds. The zero-order valence-corrected chi connectivity index (χ0v) is 82.3. The summed E-state index contributed by atoms with van der Waals surface area (Å²) in [5.74, 6) is -0.125. The van der Waals surface area contributed by atoms with Crippen LogP contribution in [0.2, 0.25) is 15.5 Å². The van der Waals surface area contributed by atoms with Crippen LogP contribution in [0.15, 0.2) is 135 Å². The highest BCUT2D eigenvalue weighted by Gasteiger charge is 2.53. The van der Waals surface area contributed by atoms with E-state index in [1.165, 1.54) is 31.0 Å². The Hall–Kier alpha value is -12.0. The van der Waals surface area contributed by atoms with Crippen LogP contribution in [0.1, 0.15) is 198 Å². The highest BCUT2D eigenvalue weighted by molar-refractivity contribution is 6.61. The summed E-state index contributed by atoms with van der Waals surface area (Å²) in [6.07, 6.45) is 16.2. The molecule has 17 rings (SSSR count). The average Bonchev–Trinajstić information content (AvgIpc) is 1.60. The number of hydrogen-bond acceptors (Lipinski definition) is 28. The lowest BCUT2D eigenvalue weighted by Crippen LogP contribution is -3.00. The van der Waals surface area contributed by atoms with Gasteiger partial charge < -0.3 is 112 Å². The Bertz CT molecular complexity index is 5860. The zero-order chi connectivity index (χ0) is 97.6. The Balaban J connectivity index is 0.000000158. The van der Waals surface area contributed by atoms with Crippen molar-refractivity contribution in [3.63, 3.8) is 0 Å². The zero-order valence-electron chi connectivity index (χ0n) is 77.9. The summed E-state index contributed by atoms with van der Waals surface area (Å²) in [4.78, 5) is 82.7. The molecule has 5 aliphatic carbocycles. The Labute approximate surface area is 820 Å². The van der Waals surface area contributed by atoms with Gasteiger partial charge >= 0.3 is 7.12 Å². The highest BCUT2D eigenvalue weighted by Crippen LogP contribution is 2.39. The predicted molar refractivity (Wildman–Crippen MR) is 516 cm³/mol. The van der Waals surface area contributed by atoms with E-state index < -0.39 is 7.12 Å². The van der Waals surface area contributed by atoms with E-state index in [1.54, 1.807) is 68.5 Å². The van der Waals surface area contributed by atoms with Crippen LogP contribution in [-0.4, -0.2) is 221 Å². The van der Waals surface area contributed by atoms with Crippen molar-refractivity contribution in [1.29, 1.82) is 15.8 Å². The molecule has 718 valence electrons. The van der Waals surface area contributed by atoms with Crippen LogP contribution in [-0.2, 0) is 9.31 Å². The Morgan fingerprint density at radius 2 is 0.625 bits per heavy atom. The number of aliphatic hydroxyl groups is 5. The molecule has 0 radical (unpaired) electrons. The number of carbonyl (C=O) groups is 5. The number of rotatable bonds is 28. The molecule has 6 fully saturated rings. The Morgan fingerprint density at radius 3 is 0.875 bits per heavy atom. The van der Waals surface area contributed by atoms with E-state index in [0.717, 1.165) is 65.6 Å². The number of aromatic nitrogens is 11. The minimum atomic E-state index is -0.456. The molecule has 11 aromatic rings. The SMILES string of the molecule is CC(C)Nc1cc(-c2ccc3cc(C#N)cnn23)ncc1C(=O)NC1CC1CO.CC(C)Nc1cc(-c2ccc3cc(C#N)cnn23)ncc1C(=O)NC1CC1CO.CC(C)Nc1cc(Cl)ncc1C(=O)NC1CC1CO.CC(C)Nc1cc(Cl)ncc1C(=O)NC1CC1CO.CC(C)Nc1cc(Cl)ncc1C(=O)NC1CC1CO.CC1(C)OB(c2ccc3cc(C#N)cnn23)OC1(C)C.[I-]. The van der Waals surface area contributed by atoms with Crippen LogP contribution in [0.3, 0.4) is 0 Å². The van der Waals surface area contributed by atoms with Crippen molar-refractivity contribution in [3.05, 3.63) is 194 Å². The maximum Gasteiger partial charge on any atom is 0.514 e. The summed E-state index contributed by atoms with van der Waals surface area (Å²) in [5.41, 5.74) is 12.7. The number of pyridine rings is 5. The van der Waals surface area contributed by atoms with Gasteiger partial charge in [-0.1, -0.05) is 34.8 Å². The van der Waals surface area contributed by atoms with Gasteiger partial charge in [0.1, 0.15) is 33.7 Å². The molecule has 41 heteroatoms. The lowest BCUT2D eigenvalue weighted by Gasteiger charge is -2.32. The first-order chi connectivity index (χ1) is 64.3. The predicted octanol–water partition coefficient (Wildman–Crippen LogP) is 7.90. The number of nitrogens with one attached hydrogen (secondary N) is 10. The third kappa shape index (κ3) is 27.3. The number of anilines is 5. The lowest BCUT2D eigenvalue weighted by molar-refractivity contribution is -0.0000768. The van der Waals surface area contributed by atoms with Crippen molar-refractivity contribution in [2.75, 3.05) is 59.6 Å². The van der Waals surface area contributed by atoms with E-state index in [0.29, 0.717) is 99.8 Å². The summed E-state index contributed by atoms with van der Waals surface area (Å²) in [7, 11) is -0.456. The number of nitriles is 3. The molecular weight excluding hydrogens is 1910 g/mol. The van der Waals surface area contributed by atoms with Crippen LogP contribution < -0.4 is 82.7 Å². The van der Waals surface area contributed by atoms with E-state index in [1.807, 2.05) is 145 Å². The van der Waals surface area contributed by atoms with Crippen LogP contribution in [0, 0.1) is 63.6 Å². The molecule has 11 aromatic heterocycles. The number of halogens is 4. The fraction of sp³-hybridized carbons (Fsp3) is 0.432. The summed E-state index contributed by atoms with van der Waals surface area (Å²) >= 11 is 17.6. The van der Waals surface area contributed by atoms with Gasteiger partial charge in [-0.05, 0) is 214 Å². The van der Waals surface area contributed by atoms with Crippen molar-refractivity contribution < 1.29 is 82.8 Å². The van der Waals surface area contributed by atoms with Gasteiger partial charge in [0.2, 0.25) is 0 Å². The first-order valence-corrected chi connectivity index (χ1v) is 45.9. The van der Waals surface area contributed by atoms with Gasteiger partial charge in [-0.2, -0.15) is 31.1 Å². The standard InChI is InChI=1S/2C21H22N6O2.C14H16BN3O2.3C13H18ClN3O2.HI/c2*1-12(2)25-18-7-19(20-4-3-15-5-13(8-22)9-24-27(15)20)23-10-16(18)21(29)26-17-6-14(17)11-28;1-13(2)14(3,4)20-15(19-13)12-6-5-11-7-10(8-16)9-17-18(11)12;3*1-7(2)16-11-4-12(14)15-5-9(11)13(19)17-10-3-8(10)6-18;/h2*3-5,7,9-10,12,14,17,28H,6,11H2,1-2H3,(H,23,25)(H,26,29);5-7,9H,1-4H3;3*4-5,7-8,10,18H,3,6H2,1-2H3,(H,15,16)(H,17,19);1H/p-1. The minimum absolute atomic E-state index is 0. The largest absolute Gasteiger partial charge is 1.00 e. The monoisotopic (exact) mass is 2030 g/mol. The molecule has 15 N–H and O–H groups in total. The highest BCUT2D eigenvalue weighted by atomic mass is 127. The number of nitrogens with zero attached hydrogens (tertiary/aromatic N) is 14. The van der Waals surface area contributed by atoms with Gasteiger partial charge in [-0.3, -0.25) is 33.9 Å². The van der Waals surface area contributed by atoms with Gasteiger partial charge in [-0.15, -0.1) is 0 Å². The maximum atomic E-state index is 12.7. The number of aliphatic hydroxyl groups excluding tert-OH is 5. The van der Waals surface area contributed by atoms with Crippen molar-refractivity contribution in [1.82, 2.24) is 80.3 Å². The molecule has 0 bridgehead atoms. The lowest BCUT2D eigenvalue weighted by atomic mass is 9.85. The van der Waals surface area contributed by atoms with Crippen LogP contribution >= 0.6 is 34.8 Å². The number of fused-ring (bicyclic) bond motifs is 3. The minimum Gasteiger partial charge on any atom is -1.00 e. The smallest absolute Gasteiger partial charge is 0.514 e. The second kappa shape index (κ2) is 46.2. The molecule has 36 nitrogen and oxygen atoms in total. The van der Waals surface area contributed by atoms with Crippen molar-refractivity contribution in [2.45, 2.75) is 201 Å². The average molecular weight is 2030 g/mol. The van der Waals surface area contributed by atoms with Gasteiger partial charge in [0.05, 0.1) is 148 Å². The molecule has 0 aromatic carbocycles. The van der Waals surface area contributed by atoms with Gasteiger partial charge in [-0.25, -0.2) is 28.5 Å². The van der Waals surface area contributed by atoms with Crippen LogP contribution in [0.25, 0.3) is 39.3 Å². The first kappa shape index (κ1) is 105. The topological polar surface area (TPSA) is 513 Å². The Morgan fingerprint density at radius 1 is 0.382 bits per heavy atom. The quantitative estimate of drug-likeness (QED) is 0.0126. The van der Waals surface area contributed by atoms with E-state index in [-0.39, 0.29) is 188 Å². The molecule has 6 aliphatic rings. The second-order valence-electron chi connectivity index (χ2n) is 36.5. The molecule has 1 saturated heterocycles. The van der Waals surface area contributed by atoms with Gasteiger partial charge in [0.25, 0.3) is 29.5 Å². The summed E-state index contributed by atoms with van der Waals surface area (Å²) in [6.45, 7) is 28.5. The van der Waals surface area contributed by atoms with E-state index in [4.69, 9.17) is 75.2 Å². The molecule has 12 heterocycles. The molecule has 0 spiro atoms. The van der Waals surface area contributed by atoms with Crippen LogP contribution in [0.5, 0.6) is 0 Å². The summed E-state index contributed by atoms with van der Waals surface area (Å²) in [5, 5.41) is 117. The first-order valence-electron chi connectivity index (χ1n) is 44.7. The second-order valence-corrected chi connectivity index (χ2v) is 37.7. The fourth-order valence-corrected chi connectivity index (χ4v) is 15.1. The molecule has 1 aliphatic heterocycles. The number of carbonyl (C=O) groups excluding carboxylic acids is 5. The summed E-state index contributed by atoms with van der Waals surface area (Å²) < 4.78 is 17.2. The number of amides is 5. The molecule has 10 unspecified atom stereocenters. The van der Waals surface area contributed by atoms with Gasteiger partial charge in [0.15, 0.2) is 0 Å². The normalized spacial score (nSPS) is 19.5. The third-order valence-corrected chi connectivity index (χ3v) is 23.8. The van der Waals surface area contributed by atoms with Gasteiger partial charge in [0, 0.05) is 154 Å². The van der Waals surface area contributed by atoms with Crippen LogP contribution in [0.4, 0.5) is 28.4 Å². The van der Waals surface area contributed by atoms with E-state index in [9.17, 15) is 34.2 Å². The molecular formula is C95H114BCl3IN24O12-. The number of hydrogen-bond donors (Lipinski definition) is 15. The van der Waals surface area contributed by atoms with E-state index in [2.05, 4.69) is 112 Å². The third-order valence-electron chi connectivity index (χ3n) is 23.2. The molecule has 10 atom stereocenters. The Kier molecular flexibility index (Phi) is 35.5. The van der Waals surface area contributed by atoms with E-state index >= 15 is 0 Å². The molecule has 136 heavy (non-hydrogen) atoms. The molecule has 5 saturated carbocycles. The fourth-order valence-electron chi connectivity index (χ4n) is 14.6. The van der Waals surface area contributed by atoms with Crippen molar-refractivity contribution >= 4 is 122 Å². The maximum absolute atomic E-state index is 12.7. The summed E-state index contributed by atoms with van der Waals surface area (Å²) in [6, 6.07) is 32.6. The van der Waals surface area contributed by atoms with Crippen molar-refractivity contribution in [2.24, 2.45) is 29.6 Å².